The maximum absolute atomic E-state index is 12.4. The molecule has 2 heterocycles. The van der Waals surface area contributed by atoms with Crippen molar-refractivity contribution in [2.45, 2.75) is 20.8 Å². The Hall–Kier alpha value is -2.43. The summed E-state index contributed by atoms with van der Waals surface area (Å²) in [6, 6.07) is 11.9. The Morgan fingerprint density at radius 3 is 2.29 bits per heavy atom. The van der Waals surface area contributed by atoms with Crippen LogP contribution in [0.3, 0.4) is 0 Å². The van der Waals surface area contributed by atoms with E-state index < -0.39 is 0 Å². The SMILES string of the molecule is CC(C)(C)C(=O)N1CCN(c2ccnc(-c3ccccc3)n2)CC1. The molecule has 126 valence electrons. The van der Waals surface area contributed by atoms with Crippen LogP contribution >= 0.6 is 0 Å². The van der Waals surface area contributed by atoms with Crippen molar-refractivity contribution in [2.24, 2.45) is 5.41 Å². The smallest absolute Gasteiger partial charge is 0.228 e. The van der Waals surface area contributed by atoms with Crippen LogP contribution in [0.15, 0.2) is 42.6 Å². The fourth-order valence-electron chi connectivity index (χ4n) is 2.86. The van der Waals surface area contributed by atoms with Crippen molar-refractivity contribution < 1.29 is 4.79 Å². The van der Waals surface area contributed by atoms with Gasteiger partial charge in [0.2, 0.25) is 5.91 Å². The van der Waals surface area contributed by atoms with Gasteiger partial charge in [0.05, 0.1) is 0 Å². The topological polar surface area (TPSA) is 49.3 Å². The third kappa shape index (κ3) is 3.55. The number of hydrogen-bond acceptors (Lipinski definition) is 4. The van der Waals surface area contributed by atoms with Crippen molar-refractivity contribution in [1.82, 2.24) is 14.9 Å². The average Bonchev–Trinajstić information content (AvgIpc) is 2.61. The molecule has 1 aromatic carbocycles. The van der Waals surface area contributed by atoms with Gasteiger partial charge in [-0.25, -0.2) is 9.97 Å². The molecule has 1 aromatic heterocycles. The molecule has 1 fully saturated rings. The van der Waals surface area contributed by atoms with Gasteiger partial charge in [0.1, 0.15) is 5.82 Å². The largest absolute Gasteiger partial charge is 0.353 e. The summed E-state index contributed by atoms with van der Waals surface area (Å²) >= 11 is 0. The summed E-state index contributed by atoms with van der Waals surface area (Å²) in [6.45, 7) is 8.98. The second-order valence-electron chi connectivity index (χ2n) is 7.13. The van der Waals surface area contributed by atoms with E-state index in [2.05, 4.69) is 9.88 Å². The van der Waals surface area contributed by atoms with Crippen LogP contribution in [0.4, 0.5) is 5.82 Å². The Morgan fingerprint density at radius 1 is 1.00 bits per heavy atom. The molecule has 1 amide bonds. The molecule has 5 heteroatoms. The Morgan fingerprint density at radius 2 is 1.67 bits per heavy atom. The van der Waals surface area contributed by atoms with Crippen LogP contribution < -0.4 is 4.90 Å². The minimum Gasteiger partial charge on any atom is -0.353 e. The summed E-state index contributed by atoms with van der Waals surface area (Å²) in [6.07, 6.45) is 1.80. The van der Waals surface area contributed by atoms with Gasteiger partial charge in [-0.15, -0.1) is 0 Å². The second-order valence-corrected chi connectivity index (χ2v) is 7.13. The van der Waals surface area contributed by atoms with Crippen LogP contribution in [-0.4, -0.2) is 47.0 Å². The quantitative estimate of drug-likeness (QED) is 0.852. The molecular formula is C19H24N4O. The molecule has 0 aliphatic carbocycles. The van der Waals surface area contributed by atoms with Crippen molar-refractivity contribution in [1.29, 1.82) is 0 Å². The molecule has 5 nitrogen and oxygen atoms in total. The Bertz CT molecular complexity index is 701. The second kappa shape index (κ2) is 6.59. The molecule has 1 aliphatic heterocycles. The molecule has 0 unspecified atom stereocenters. The lowest BCUT2D eigenvalue weighted by Gasteiger charge is -2.38. The number of nitrogens with zero attached hydrogens (tertiary/aromatic N) is 4. The van der Waals surface area contributed by atoms with Crippen molar-refractivity contribution >= 4 is 11.7 Å². The Labute approximate surface area is 143 Å². The fraction of sp³-hybridized carbons (Fsp3) is 0.421. The standard InChI is InChI=1S/C19H24N4O/c1-19(2,3)18(24)23-13-11-22(12-14-23)16-9-10-20-17(21-16)15-7-5-4-6-8-15/h4-10H,11-14H2,1-3H3. The van der Waals surface area contributed by atoms with Gasteiger partial charge in [0.15, 0.2) is 5.82 Å². The van der Waals surface area contributed by atoms with E-state index in [1.807, 2.05) is 62.1 Å². The third-order valence-corrected chi connectivity index (χ3v) is 4.21. The van der Waals surface area contributed by atoms with Crippen LogP contribution in [0.1, 0.15) is 20.8 Å². The normalized spacial score (nSPS) is 15.5. The van der Waals surface area contributed by atoms with Gasteiger partial charge in [0, 0.05) is 43.4 Å². The summed E-state index contributed by atoms with van der Waals surface area (Å²) < 4.78 is 0. The van der Waals surface area contributed by atoms with E-state index in [1.54, 1.807) is 6.20 Å². The predicted octanol–water partition coefficient (Wildman–Crippen LogP) is 2.84. The number of carbonyl (C=O) groups excluding carboxylic acids is 1. The number of rotatable bonds is 2. The highest BCUT2D eigenvalue weighted by Crippen LogP contribution is 2.22. The summed E-state index contributed by atoms with van der Waals surface area (Å²) in [5, 5.41) is 0. The molecule has 1 saturated heterocycles. The van der Waals surface area contributed by atoms with E-state index in [4.69, 9.17) is 4.98 Å². The van der Waals surface area contributed by atoms with Crippen molar-refractivity contribution in [2.75, 3.05) is 31.1 Å². The lowest BCUT2D eigenvalue weighted by molar-refractivity contribution is -0.139. The molecule has 2 aromatic rings. The number of piperazine rings is 1. The van der Waals surface area contributed by atoms with Gasteiger partial charge in [0.25, 0.3) is 0 Å². The van der Waals surface area contributed by atoms with Gasteiger partial charge < -0.3 is 9.80 Å². The summed E-state index contributed by atoms with van der Waals surface area (Å²) in [4.78, 5) is 25.6. The number of hydrogen-bond donors (Lipinski definition) is 0. The van der Waals surface area contributed by atoms with Gasteiger partial charge in [-0.3, -0.25) is 4.79 Å². The Kier molecular flexibility index (Phi) is 4.51. The molecule has 24 heavy (non-hydrogen) atoms. The molecule has 0 saturated carbocycles. The summed E-state index contributed by atoms with van der Waals surface area (Å²) in [7, 11) is 0. The highest BCUT2D eigenvalue weighted by atomic mass is 16.2. The van der Waals surface area contributed by atoms with Crippen molar-refractivity contribution in [3.05, 3.63) is 42.6 Å². The zero-order valence-electron chi connectivity index (χ0n) is 14.6. The first kappa shape index (κ1) is 16.4. The lowest BCUT2D eigenvalue weighted by atomic mass is 9.94. The van der Waals surface area contributed by atoms with E-state index >= 15 is 0 Å². The molecule has 0 atom stereocenters. The maximum atomic E-state index is 12.4. The third-order valence-electron chi connectivity index (χ3n) is 4.21. The predicted molar refractivity (Wildman–Crippen MR) is 95.7 cm³/mol. The minimum absolute atomic E-state index is 0.217. The maximum Gasteiger partial charge on any atom is 0.228 e. The summed E-state index contributed by atoms with van der Waals surface area (Å²) in [5.74, 6) is 1.88. The van der Waals surface area contributed by atoms with Gasteiger partial charge >= 0.3 is 0 Å². The van der Waals surface area contributed by atoms with Crippen molar-refractivity contribution in [3.8, 4) is 11.4 Å². The highest BCUT2D eigenvalue weighted by molar-refractivity contribution is 5.81. The number of carbonyl (C=O) groups is 1. The first-order valence-electron chi connectivity index (χ1n) is 8.38. The van der Waals surface area contributed by atoms with E-state index in [-0.39, 0.29) is 11.3 Å². The number of amides is 1. The van der Waals surface area contributed by atoms with Crippen LogP contribution in [0.5, 0.6) is 0 Å². The molecular weight excluding hydrogens is 300 g/mol. The monoisotopic (exact) mass is 324 g/mol. The van der Waals surface area contributed by atoms with E-state index in [0.29, 0.717) is 0 Å². The van der Waals surface area contributed by atoms with Crippen LogP contribution in [-0.2, 0) is 4.79 Å². The zero-order chi connectivity index (χ0) is 17.2. The van der Waals surface area contributed by atoms with E-state index in [9.17, 15) is 4.79 Å². The minimum atomic E-state index is -0.322. The zero-order valence-corrected chi connectivity index (χ0v) is 14.6. The van der Waals surface area contributed by atoms with Gasteiger partial charge in [-0.1, -0.05) is 51.1 Å². The molecule has 0 N–H and O–H groups in total. The van der Waals surface area contributed by atoms with Gasteiger partial charge in [-0.2, -0.15) is 0 Å². The van der Waals surface area contributed by atoms with Gasteiger partial charge in [-0.05, 0) is 6.07 Å². The molecule has 0 spiro atoms. The Balaban J connectivity index is 1.70. The first-order chi connectivity index (χ1) is 11.4. The van der Waals surface area contributed by atoms with Crippen LogP contribution in [0.2, 0.25) is 0 Å². The summed E-state index contributed by atoms with van der Waals surface area (Å²) in [5.41, 5.74) is 0.693. The van der Waals surface area contributed by atoms with Crippen molar-refractivity contribution in [3.63, 3.8) is 0 Å². The average molecular weight is 324 g/mol. The number of anilines is 1. The van der Waals surface area contributed by atoms with E-state index in [1.165, 1.54) is 0 Å². The number of benzene rings is 1. The molecule has 1 aliphatic rings. The lowest BCUT2D eigenvalue weighted by Crippen LogP contribution is -2.51. The molecule has 0 radical (unpaired) electrons. The van der Waals surface area contributed by atoms with E-state index in [0.717, 1.165) is 43.4 Å². The van der Waals surface area contributed by atoms with Crippen LogP contribution in [0, 0.1) is 5.41 Å². The van der Waals surface area contributed by atoms with Crippen LogP contribution in [0.25, 0.3) is 11.4 Å². The number of aromatic nitrogens is 2. The highest BCUT2D eigenvalue weighted by Gasteiger charge is 2.30. The fourth-order valence-corrected chi connectivity index (χ4v) is 2.86. The molecule has 3 rings (SSSR count). The first-order valence-corrected chi connectivity index (χ1v) is 8.38. The molecule has 0 bridgehead atoms.